The highest BCUT2D eigenvalue weighted by Gasteiger charge is 2.27. The molecule has 1 heterocycles. The number of benzene rings is 1. The normalized spacial score (nSPS) is 22.8. The van der Waals surface area contributed by atoms with Crippen LogP contribution >= 0.6 is 0 Å². The summed E-state index contributed by atoms with van der Waals surface area (Å²) in [5, 5.41) is 3.67. The van der Waals surface area contributed by atoms with Gasteiger partial charge in [0.15, 0.2) is 0 Å². The fourth-order valence-electron chi connectivity index (χ4n) is 3.19. The number of aromatic nitrogens is 2. The van der Waals surface area contributed by atoms with Gasteiger partial charge in [-0.05, 0) is 36.9 Å². The Kier molecular flexibility index (Phi) is 3.65. The standard InChI is InChI=1S/C16H21N3/c1-2-18-16-14-8-4-3-6-13(14)7-5-9-15(16)19-11-10-17-12-19/h3-4,6,8,10-12,15-16,18H,2,5,7,9H2,1H3. The van der Waals surface area contributed by atoms with Gasteiger partial charge in [0.2, 0.25) is 0 Å². The molecule has 0 saturated heterocycles. The van der Waals surface area contributed by atoms with Gasteiger partial charge in [-0.15, -0.1) is 0 Å². The molecular formula is C16H21N3. The Morgan fingerprint density at radius 3 is 3.05 bits per heavy atom. The van der Waals surface area contributed by atoms with Crippen LogP contribution in [0.2, 0.25) is 0 Å². The molecule has 3 nitrogen and oxygen atoms in total. The van der Waals surface area contributed by atoms with Crippen molar-refractivity contribution in [1.82, 2.24) is 14.9 Å². The van der Waals surface area contributed by atoms with Crippen molar-refractivity contribution in [2.45, 2.75) is 38.3 Å². The average molecular weight is 255 g/mol. The number of hydrogen-bond donors (Lipinski definition) is 1. The van der Waals surface area contributed by atoms with Crippen LogP contribution in [0.1, 0.15) is 43.0 Å². The first-order chi connectivity index (χ1) is 9.40. The molecule has 0 amide bonds. The number of hydrogen-bond acceptors (Lipinski definition) is 2. The van der Waals surface area contributed by atoms with Crippen molar-refractivity contribution in [3.05, 3.63) is 54.1 Å². The van der Waals surface area contributed by atoms with E-state index >= 15 is 0 Å². The maximum atomic E-state index is 4.21. The fraction of sp³-hybridized carbons (Fsp3) is 0.438. The zero-order chi connectivity index (χ0) is 13.1. The molecule has 1 aliphatic carbocycles. The molecule has 2 atom stereocenters. The second-order valence-electron chi connectivity index (χ2n) is 5.20. The van der Waals surface area contributed by atoms with E-state index < -0.39 is 0 Å². The van der Waals surface area contributed by atoms with Crippen LogP contribution in [-0.2, 0) is 6.42 Å². The number of likely N-dealkylation sites (N-methyl/N-ethyl adjacent to an activating group) is 1. The van der Waals surface area contributed by atoms with Crippen molar-refractivity contribution in [1.29, 1.82) is 0 Å². The minimum Gasteiger partial charge on any atom is -0.333 e. The minimum atomic E-state index is 0.387. The van der Waals surface area contributed by atoms with Crippen molar-refractivity contribution < 1.29 is 0 Å². The van der Waals surface area contributed by atoms with E-state index in [0.29, 0.717) is 12.1 Å². The molecule has 1 aromatic carbocycles. The average Bonchev–Trinajstić information content (AvgIpc) is 2.90. The Morgan fingerprint density at radius 2 is 2.26 bits per heavy atom. The first-order valence-corrected chi connectivity index (χ1v) is 7.18. The lowest BCUT2D eigenvalue weighted by Gasteiger charge is -2.28. The molecule has 19 heavy (non-hydrogen) atoms. The van der Waals surface area contributed by atoms with Gasteiger partial charge in [0.1, 0.15) is 0 Å². The zero-order valence-electron chi connectivity index (χ0n) is 11.4. The first kappa shape index (κ1) is 12.4. The van der Waals surface area contributed by atoms with Gasteiger partial charge >= 0.3 is 0 Å². The Bertz CT molecular complexity index is 519. The van der Waals surface area contributed by atoms with Crippen LogP contribution in [0.5, 0.6) is 0 Å². The molecule has 0 aliphatic heterocycles. The van der Waals surface area contributed by atoms with E-state index in [1.54, 1.807) is 0 Å². The Labute approximate surface area is 114 Å². The summed E-state index contributed by atoms with van der Waals surface area (Å²) in [6.07, 6.45) is 9.53. The van der Waals surface area contributed by atoms with Gasteiger partial charge in [-0.1, -0.05) is 31.2 Å². The van der Waals surface area contributed by atoms with Gasteiger partial charge in [0.25, 0.3) is 0 Å². The highest BCUT2D eigenvalue weighted by Crippen LogP contribution is 2.36. The molecule has 1 aliphatic rings. The molecule has 1 aromatic heterocycles. The van der Waals surface area contributed by atoms with Crippen molar-refractivity contribution >= 4 is 0 Å². The number of imidazole rings is 1. The SMILES string of the molecule is CCNC1c2ccccc2CCCC1n1ccnc1. The molecule has 0 saturated carbocycles. The maximum Gasteiger partial charge on any atom is 0.0949 e. The molecule has 0 radical (unpaired) electrons. The van der Waals surface area contributed by atoms with Crippen molar-refractivity contribution in [3.8, 4) is 0 Å². The van der Waals surface area contributed by atoms with Crippen molar-refractivity contribution in [2.75, 3.05) is 6.54 Å². The molecule has 2 unspecified atom stereocenters. The lowest BCUT2D eigenvalue weighted by Crippen LogP contribution is -2.29. The third-order valence-electron chi connectivity index (χ3n) is 4.05. The molecule has 3 heteroatoms. The summed E-state index contributed by atoms with van der Waals surface area (Å²) in [4.78, 5) is 4.21. The second kappa shape index (κ2) is 5.57. The largest absolute Gasteiger partial charge is 0.333 e. The molecule has 3 rings (SSSR count). The molecule has 100 valence electrons. The monoisotopic (exact) mass is 255 g/mol. The lowest BCUT2D eigenvalue weighted by atomic mass is 9.96. The van der Waals surface area contributed by atoms with E-state index in [1.165, 1.54) is 30.4 Å². The van der Waals surface area contributed by atoms with E-state index in [-0.39, 0.29) is 0 Å². The predicted octanol–water partition coefficient (Wildman–Crippen LogP) is 3.11. The summed E-state index contributed by atoms with van der Waals surface area (Å²) in [7, 11) is 0. The van der Waals surface area contributed by atoms with E-state index in [0.717, 1.165) is 6.54 Å². The number of fused-ring (bicyclic) bond motifs is 1. The van der Waals surface area contributed by atoms with Gasteiger partial charge in [-0.3, -0.25) is 0 Å². The fourth-order valence-corrected chi connectivity index (χ4v) is 3.19. The summed E-state index contributed by atoms with van der Waals surface area (Å²) in [6.45, 7) is 3.17. The summed E-state index contributed by atoms with van der Waals surface area (Å²) in [5.41, 5.74) is 2.96. The molecular weight excluding hydrogens is 234 g/mol. The smallest absolute Gasteiger partial charge is 0.0949 e. The first-order valence-electron chi connectivity index (χ1n) is 7.18. The number of rotatable bonds is 3. The Balaban J connectivity index is 2.01. The van der Waals surface area contributed by atoms with Crippen molar-refractivity contribution in [3.63, 3.8) is 0 Å². The minimum absolute atomic E-state index is 0.387. The predicted molar refractivity (Wildman–Crippen MR) is 77.1 cm³/mol. The van der Waals surface area contributed by atoms with Gasteiger partial charge in [-0.25, -0.2) is 4.98 Å². The van der Waals surface area contributed by atoms with Crippen LogP contribution in [0.3, 0.4) is 0 Å². The molecule has 2 aromatic rings. The van der Waals surface area contributed by atoms with Gasteiger partial charge in [0.05, 0.1) is 18.4 Å². The zero-order valence-corrected chi connectivity index (χ0v) is 11.4. The molecule has 0 spiro atoms. The van der Waals surface area contributed by atoms with Crippen LogP contribution in [0.15, 0.2) is 43.0 Å². The lowest BCUT2D eigenvalue weighted by molar-refractivity contribution is 0.343. The summed E-state index contributed by atoms with van der Waals surface area (Å²) >= 11 is 0. The van der Waals surface area contributed by atoms with Crippen LogP contribution < -0.4 is 5.32 Å². The number of nitrogens with one attached hydrogen (secondary N) is 1. The number of nitrogens with zero attached hydrogens (tertiary/aromatic N) is 2. The Morgan fingerprint density at radius 1 is 1.37 bits per heavy atom. The van der Waals surface area contributed by atoms with Crippen LogP contribution in [0.4, 0.5) is 0 Å². The summed E-state index contributed by atoms with van der Waals surface area (Å²) < 4.78 is 2.26. The molecule has 0 fully saturated rings. The third kappa shape index (κ3) is 2.43. The van der Waals surface area contributed by atoms with E-state index in [2.05, 4.69) is 52.3 Å². The van der Waals surface area contributed by atoms with Gasteiger partial charge in [-0.2, -0.15) is 0 Å². The number of aryl methyl sites for hydroxylation is 1. The van der Waals surface area contributed by atoms with Crippen LogP contribution in [0.25, 0.3) is 0 Å². The van der Waals surface area contributed by atoms with Gasteiger partial charge in [0, 0.05) is 12.4 Å². The highest BCUT2D eigenvalue weighted by molar-refractivity contribution is 5.32. The Hall–Kier alpha value is -1.61. The van der Waals surface area contributed by atoms with Crippen molar-refractivity contribution in [2.24, 2.45) is 0 Å². The maximum absolute atomic E-state index is 4.21. The second-order valence-corrected chi connectivity index (χ2v) is 5.20. The van der Waals surface area contributed by atoms with Gasteiger partial charge < -0.3 is 9.88 Å². The van der Waals surface area contributed by atoms with Crippen LogP contribution in [-0.4, -0.2) is 16.1 Å². The topological polar surface area (TPSA) is 29.9 Å². The molecule has 1 N–H and O–H groups in total. The van der Waals surface area contributed by atoms with Crippen LogP contribution in [0, 0.1) is 0 Å². The summed E-state index contributed by atoms with van der Waals surface area (Å²) in [5.74, 6) is 0. The highest BCUT2D eigenvalue weighted by atomic mass is 15.1. The van der Waals surface area contributed by atoms with E-state index in [1.807, 2.05) is 12.5 Å². The summed E-state index contributed by atoms with van der Waals surface area (Å²) in [6, 6.07) is 9.70. The van der Waals surface area contributed by atoms with E-state index in [9.17, 15) is 0 Å². The third-order valence-corrected chi connectivity index (χ3v) is 4.05. The quantitative estimate of drug-likeness (QED) is 0.854. The van der Waals surface area contributed by atoms with E-state index in [4.69, 9.17) is 0 Å². The molecule has 0 bridgehead atoms.